The Bertz CT molecular complexity index is 919. The molecule has 0 bridgehead atoms. The first-order valence-electron chi connectivity index (χ1n) is 10.4. The van der Waals surface area contributed by atoms with Gasteiger partial charge in [-0.25, -0.2) is 4.79 Å². The third-order valence-electron chi connectivity index (χ3n) is 6.48. The van der Waals surface area contributed by atoms with Gasteiger partial charge in [-0.3, -0.25) is 9.47 Å². The SMILES string of the molecule is O=C(O)N1Cc2cc(Cl)ccc2-n2c(nnc2[C@H]2CC[C@H](OC3CCC3)CC2)C1. The average Bonchev–Trinajstić information content (AvgIpc) is 3.01. The van der Waals surface area contributed by atoms with Crippen molar-refractivity contribution in [3.63, 3.8) is 0 Å². The molecule has 7 nitrogen and oxygen atoms in total. The highest BCUT2D eigenvalue weighted by molar-refractivity contribution is 6.30. The lowest BCUT2D eigenvalue weighted by atomic mass is 9.86. The van der Waals surface area contributed by atoms with Crippen molar-refractivity contribution in [2.75, 3.05) is 0 Å². The molecule has 0 saturated heterocycles. The van der Waals surface area contributed by atoms with Crippen LogP contribution in [0.4, 0.5) is 4.79 Å². The van der Waals surface area contributed by atoms with E-state index in [1.807, 2.05) is 18.2 Å². The number of hydrogen-bond donors (Lipinski definition) is 1. The number of hydrogen-bond acceptors (Lipinski definition) is 4. The molecule has 0 atom stereocenters. The van der Waals surface area contributed by atoms with Gasteiger partial charge in [-0.1, -0.05) is 11.6 Å². The van der Waals surface area contributed by atoms with Gasteiger partial charge in [0.2, 0.25) is 0 Å². The highest BCUT2D eigenvalue weighted by Gasteiger charge is 2.33. The molecular weight excluding hydrogens is 392 g/mol. The summed E-state index contributed by atoms with van der Waals surface area (Å²) in [7, 11) is 0. The van der Waals surface area contributed by atoms with Gasteiger partial charge in [0.15, 0.2) is 5.82 Å². The fourth-order valence-electron chi connectivity index (χ4n) is 4.66. The van der Waals surface area contributed by atoms with E-state index in [1.54, 1.807) is 0 Å². The lowest BCUT2D eigenvalue weighted by molar-refractivity contribution is -0.0666. The van der Waals surface area contributed by atoms with Crippen molar-refractivity contribution < 1.29 is 14.6 Å². The number of rotatable bonds is 3. The predicted molar refractivity (Wildman–Crippen MR) is 107 cm³/mol. The van der Waals surface area contributed by atoms with Crippen LogP contribution in [0.5, 0.6) is 0 Å². The van der Waals surface area contributed by atoms with E-state index in [2.05, 4.69) is 14.8 Å². The molecule has 0 unspecified atom stereocenters. The fourth-order valence-corrected chi connectivity index (χ4v) is 4.86. The molecule has 1 aromatic heterocycles. The summed E-state index contributed by atoms with van der Waals surface area (Å²) in [6.45, 7) is 0.505. The zero-order chi connectivity index (χ0) is 20.0. The number of aromatic nitrogens is 3. The second-order valence-electron chi connectivity index (χ2n) is 8.38. The van der Waals surface area contributed by atoms with E-state index in [9.17, 15) is 9.90 Å². The maximum absolute atomic E-state index is 11.7. The smallest absolute Gasteiger partial charge is 0.408 e. The first-order chi connectivity index (χ1) is 14.1. The molecule has 2 heterocycles. The minimum Gasteiger partial charge on any atom is -0.465 e. The van der Waals surface area contributed by atoms with Crippen molar-refractivity contribution in [3.8, 4) is 5.69 Å². The van der Waals surface area contributed by atoms with E-state index in [4.69, 9.17) is 16.3 Å². The second-order valence-corrected chi connectivity index (χ2v) is 8.82. The molecule has 154 valence electrons. The van der Waals surface area contributed by atoms with Crippen molar-refractivity contribution in [2.45, 2.75) is 76.2 Å². The van der Waals surface area contributed by atoms with E-state index in [0.717, 1.165) is 42.8 Å². The number of benzene rings is 1. The number of fused-ring (bicyclic) bond motifs is 3. The molecule has 1 aromatic carbocycles. The van der Waals surface area contributed by atoms with Crippen molar-refractivity contribution in [2.24, 2.45) is 0 Å². The van der Waals surface area contributed by atoms with E-state index in [-0.39, 0.29) is 13.1 Å². The Hall–Kier alpha value is -2.12. The normalized spacial score (nSPS) is 24.4. The highest BCUT2D eigenvalue weighted by Crippen LogP contribution is 2.38. The van der Waals surface area contributed by atoms with Gasteiger partial charge in [-0.15, -0.1) is 10.2 Å². The van der Waals surface area contributed by atoms with Crippen LogP contribution < -0.4 is 0 Å². The summed E-state index contributed by atoms with van der Waals surface area (Å²) in [6.07, 6.45) is 7.67. The number of amides is 1. The van der Waals surface area contributed by atoms with Gasteiger partial charge in [-0.05, 0) is 68.7 Å². The summed E-state index contributed by atoms with van der Waals surface area (Å²) < 4.78 is 8.27. The maximum atomic E-state index is 11.7. The Balaban J connectivity index is 1.43. The summed E-state index contributed by atoms with van der Waals surface area (Å²) in [5.41, 5.74) is 1.81. The third kappa shape index (κ3) is 3.62. The largest absolute Gasteiger partial charge is 0.465 e. The van der Waals surface area contributed by atoms with Crippen LogP contribution in [0.1, 0.15) is 68.1 Å². The third-order valence-corrected chi connectivity index (χ3v) is 6.71. The van der Waals surface area contributed by atoms with Crippen LogP contribution in [0.25, 0.3) is 5.69 Å². The molecule has 0 radical (unpaired) electrons. The molecule has 1 aliphatic heterocycles. The number of carboxylic acid groups (broad SMARTS) is 1. The molecule has 2 fully saturated rings. The summed E-state index contributed by atoms with van der Waals surface area (Å²) in [4.78, 5) is 13.1. The molecule has 1 N–H and O–H groups in total. The summed E-state index contributed by atoms with van der Waals surface area (Å²) in [5, 5.41) is 19.1. The number of ether oxygens (including phenoxy) is 1. The first kappa shape index (κ1) is 18.9. The average molecular weight is 417 g/mol. The Labute approximate surface area is 174 Å². The van der Waals surface area contributed by atoms with Gasteiger partial charge in [0, 0.05) is 10.9 Å². The van der Waals surface area contributed by atoms with Gasteiger partial charge in [0.05, 0.1) is 31.0 Å². The van der Waals surface area contributed by atoms with Crippen molar-refractivity contribution >= 4 is 17.7 Å². The van der Waals surface area contributed by atoms with Crippen LogP contribution in [-0.2, 0) is 17.8 Å². The van der Waals surface area contributed by atoms with E-state index in [0.29, 0.717) is 29.0 Å². The van der Waals surface area contributed by atoms with Gasteiger partial charge in [0.1, 0.15) is 5.82 Å². The summed E-state index contributed by atoms with van der Waals surface area (Å²) >= 11 is 6.20. The lowest BCUT2D eigenvalue weighted by Crippen LogP contribution is -2.30. The molecule has 8 heteroatoms. The molecule has 3 aliphatic rings. The Morgan fingerprint density at radius 3 is 2.52 bits per heavy atom. The minimum atomic E-state index is -0.970. The Kier molecular flexibility index (Phi) is 4.95. The zero-order valence-corrected chi connectivity index (χ0v) is 17.0. The van der Waals surface area contributed by atoms with Crippen LogP contribution in [-0.4, -0.2) is 43.1 Å². The topological polar surface area (TPSA) is 80.5 Å². The molecule has 1 amide bonds. The molecular formula is C21H25ClN4O3. The van der Waals surface area contributed by atoms with Crippen LogP contribution in [0.3, 0.4) is 0 Å². The number of nitrogens with zero attached hydrogens (tertiary/aromatic N) is 4. The molecule has 29 heavy (non-hydrogen) atoms. The van der Waals surface area contributed by atoms with Crippen molar-refractivity contribution in [1.29, 1.82) is 0 Å². The monoisotopic (exact) mass is 416 g/mol. The van der Waals surface area contributed by atoms with E-state index in [1.165, 1.54) is 24.2 Å². The number of carbonyl (C=O) groups is 1. The summed E-state index contributed by atoms with van der Waals surface area (Å²) in [5.74, 6) is 1.90. The summed E-state index contributed by atoms with van der Waals surface area (Å²) in [6, 6.07) is 5.63. The van der Waals surface area contributed by atoms with Crippen LogP contribution in [0.15, 0.2) is 18.2 Å². The standard InChI is InChI=1S/C21H25ClN4O3/c22-15-6-9-18-14(10-15)11-25(21(27)28)12-19-23-24-20(26(18)19)13-4-7-17(8-5-13)29-16-2-1-3-16/h6,9-10,13,16-17H,1-5,7-8,11-12H2,(H,27,28)/t13-,17-. The fraction of sp³-hybridized carbons (Fsp3) is 0.571. The van der Waals surface area contributed by atoms with Gasteiger partial charge in [0.25, 0.3) is 0 Å². The molecule has 2 saturated carbocycles. The van der Waals surface area contributed by atoms with E-state index < -0.39 is 6.09 Å². The second kappa shape index (κ2) is 7.61. The van der Waals surface area contributed by atoms with Gasteiger partial charge in [-0.2, -0.15) is 0 Å². The molecule has 2 aromatic rings. The van der Waals surface area contributed by atoms with Crippen LogP contribution >= 0.6 is 11.6 Å². The highest BCUT2D eigenvalue weighted by atomic mass is 35.5. The van der Waals surface area contributed by atoms with E-state index >= 15 is 0 Å². The Morgan fingerprint density at radius 2 is 1.83 bits per heavy atom. The van der Waals surface area contributed by atoms with Gasteiger partial charge < -0.3 is 9.84 Å². The lowest BCUT2D eigenvalue weighted by Gasteiger charge is -2.34. The predicted octanol–water partition coefficient (Wildman–Crippen LogP) is 4.51. The van der Waals surface area contributed by atoms with Crippen LogP contribution in [0.2, 0.25) is 5.02 Å². The van der Waals surface area contributed by atoms with Crippen molar-refractivity contribution in [3.05, 3.63) is 40.4 Å². The molecule has 5 rings (SSSR count). The maximum Gasteiger partial charge on any atom is 0.408 e. The first-order valence-corrected chi connectivity index (χ1v) is 10.8. The quantitative estimate of drug-likeness (QED) is 0.796. The zero-order valence-electron chi connectivity index (χ0n) is 16.3. The van der Waals surface area contributed by atoms with Crippen LogP contribution in [0, 0.1) is 0 Å². The van der Waals surface area contributed by atoms with Gasteiger partial charge >= 0.3 is 6.09 Å². The molecule has 2 aliphatic carbocycles. The van der Waals surface area contributed by atoms with Crippen molar-refractivity contribution in [1.82, 2.24) is 19.7 Å². The molecule has 0 spiro atoms. The Morgan fingerprint density at radius 1 is 1.07 bits per heavy atom. The minimum absolute atomic E-state index is 0.217. The number of halogens is 1.